The van der Waals surface area contributed by atoms with Gasteiger partial charge in [-0.15, -0.1) is 11.3 Å². The topological polar surface area (TPSA) is 78.8 Å². The Morgan fingerprint density at radius 3 is 2.54 bits per heavy atom. The lowest BCUT2D eigenvalue weighted by atomic mass is 10.2. The first-order chi connectivity index (χ1) is 16.8. The molecule has 2 fully saturated rings. The number of carbonyl (C=O) groups is 2. The van der Waals surface area contributed by atoms with Crippen LogP contribution in [0.15, 0.2) is 35.4 Å². The Morgan fingerprint density at radius 1 is 1.11 bits per heavy atom. The van der Waals surface area contributed by atoms with E-state index in [1.165, 1.54) is 21.9 Å². The first kappa shape index (κ1) is 23.4. The van der Waals surface area contributed by atoms with Crippen LogP contribution in [0.1, 0.15) is 21.7 Å². The molecule has 0 aliphatic carbocycles. The highest BCUT2D eigenvalue weighted by atomic mass is 32.1. The maximum absolute atomic E-state index is 14.1. The third-order valence-electron chi connectivity index (χ3n) is 6.66. The fraction of sp³-hybridized carbons (Fsp3) is 0.417. The predicted molar refractivity (Wildman–Crippen MR) is 129 cm³/mol. The fourth-order valence-corrected chi connectivity index (χ4v) is 5.78. The van der Waals surface area contributed by atoms with Gasteiger partial charge in [-0.3, -0.25) is 19.0 Å². The minimum absolute atomic E-state index is 0.0452. The van der Waals surface area contributed by atoms with Crippen LogP contribution in [0, 0.1) is 12.7 Å². The number of halogens is 2. The van der Waals surface area contributed by atoms with Crippen molar-refractivity contribution in [2.45, 2.75) is 26.1 Å². The van der Waals surface area contributed by atoms with Gasteiger partial charge in [0.1, 0.15) is 23.4 Å². The second-order valence-corrected chi connectivity index (χ2v) is 9.87. The molecule has 5 rings (SSSR count). The molecule has 0 saturated carbocycles. The number of rotatable bonds is 4. The average Bonchev–Trinajstić information content (AvgIpc) is 3.44. The van der Waals surface area contributed by atoms with Crippen molar-refractivity contribution in [3.8, 4) is 0 Å². The Balaban J connectivity index is 1.33. The van der Waals surface area contributed by atoms with Crippen LogP contribution in [0.3, 0.4) is 0 Å². The highest BCUT2D eigenvalue weighted by molar-refractivity contribution is 7.20. The Labute approximate surface area is 204 Å². The number of likely N-dealkylation sites (tertiary alicyclic amines) is 1. The van der Waals surface area contributed by atoms with Gasteiger partial charge in [0.15, 0.2) is 0 Å². The molecule has 0 radical (unpaired) electrons. The number of carbonyl (C=O) groups excluding carboxylic acids is 2. The summed E-state index contributed by atoms with van der Waals surface area (Å²) in [5.74, 6) is -0.806. The Morgan fingerprint density at radius 2 is 1.86 bits per heavy atom. The van der Waals surface area contributed by atoms with Gasteiger partial charge in [0.25, 0.3) is 11.5 Å². The molecule has 2 aliphatic heterocycles. The van der Waals surface area contributed by atoms with Crippen molar-refractivity contribution >= 4 is 39.1 Å². The van der Waals surface area contributed by atoms with E-state index in [9.17, 15) is 23.2 Å². The summed E-state index contributed by atoms with van der Waals surface area (Å²) in [4.78, 5) is 49.1. The number of piperazine rings is 1. The number of hydrogen-bond donors (Lipinski definition) is 0. The van der Waals surface area contributed by atoms with E-state index in [1.807, 2.05) is 4.90 Å². The van der Waals surface area contributed by atoms with E-state index in [-0.39, 0.29) is 30.7 Å². The molecule has 184 valence electrons. The maximum Gasteiger partial charge on any atom is 0.264 e. The number of hydrogen-bond acceptors (Lipinski definition) is 6. The molecule has 11 heteroatoms. The minimum Gasteiger partial charge on any atom is -0.366 e. The molecule has 35 heavy (non-hydrogen) atoms. The molecule has 8 nitrogen and oxygen atoms in total. The number of para-hydroxylation sites is 1. The van der Waals surface area contributed by atoms with Crippen molar-refractivity contribution in [1.82, 2.24) is 19.4 Å². The number of nitrogens with zero attached hydrogens (tertiary/aromatic N) is 5. The van der Waals surface area contributed by atoms with Crippen LogP contribution < -0.4 is 10.5 Å². The van der Waals surface area contributed by atoms with Gasteiger partial charge in [0, 0.05) is 32.7 Å². The van der Waals surface area contributed by atoms with Gasteiger partial charge in [-0.25, -0.2) is 13.8 Å². The van der Waals surface area contributed by atoms with Crippen molar-refractivity contribution < 1.29 is 18.4 Å². The largest absolute Gasteiger partial charge is 0.366 e. The van der Waals surface area contributed by atoms with Gasteiger partial charge in [0.2, 0.25) is 5.91 Å². The summed E-state index contributed by atoms with van der Waals surface area (Å²) in [5, 5.41) is 0.323. The summed E-state index contributed by atoms with van der Waals surface area (Å²) in [5.41, 5.74) is 0.667. The smallest absolute Gasteiger partial charge is 0.264 e. The second kappa shape index (κ2) is 9.37. The SMILES string of the molecule is Cc1c(C(=O)N2CCN(c3ccccc3F)CC2)sc2ncn(CC(=O)N3CCC(F)C3)c(=O)c12. The molecular weight excluding hydrogens is 476 g/mol. The van der Waals surface area contributed by atoms with Crippen LogP contribution in [-0.2, 0) is 11.3 Å². The predicted octanol–water partition coefficient (Wildman–Crippen LogP) is 2.44. The van der Waals surface area contributed by atoms with Crippen LogP contribution in [0.2, 0.25) is 0 Å². The summed E-state index contributed by atoms with van der Waals surface area (Å²) >= 11 is 1.16. The maximum atomic E-state index is 14.1. The van der Waals surface area contributed by atoms with Gasteiger partial charge < -0.3 is 14.7 Å². The van der Waals surface area contributed by atoms with Gasteiger partial charge >= 0.3 is 0 Å². The summed E-state index contributed by atoms with van der Waals surface area (Å²) in [6, 6.07) is 6.58. The first-order valence-corrected chi connectivity index (χ1v) is 12.3. The molecule has 2 aromatic heterocycles. The van der Waals surface area contributed by atoms with Gasteiger partial charge in [-0.1, -0.05) is 12.1 Å². The van der Waals surface area contributed by atoms with Crippen LogP contribution in [0.5, 0.6) is 0 Å². The standard InChI is InChI=1S/C24H25F2N5O3S/c1-15-20-22(27-14-31(23(20)33)13-19(32)30-7-6-16(25)12-30)35-21(15)24(34)29-10-8-28(9-11-29)18-5-3-2-4-17(18)26/h2-5,14,16H,6-13H2,1H3. The number of amides is 2. The molecule has 4 heterocycles. The Bertz CT molecular complexity index is 1350. The molecular formula is C24H25F2N5O3S. The van der Waals surface area contributed by atoms with Crippen molar-refractivity contribution in [3.63, 3.8) is 0 Å². The van der Waals surface area contributed by atoms with Crippen molar-refractivity contribution in [2.75, 3.05) is 44.2 Å². The van der Waals surface area contributed by atoms with Gasteiger partial charge in [0.05, 0.1) is 28.8 Å². The zero-order valence-electron chi connectivity index (χ0n) is 19.2. The zero-order valence-corrected chi connectivity index (χ0v) is 20.1. The molecule has 3 aromatic rings. The highest BCUT2D eigenvalue weighted by Crippen LogP contribution is 2.29. The highest BCUT2D eigenvalue weighted by Gasteiger charge is 2.29. The van der Waals surface area contributed by atoms with E-state index in [4.69, 9.17) is 0 Å². The Kier molecular flexibility index (Phi) is 6.26. The van der Waals surface area contributed by atoms with E-state index in [1.54, 1.807) is 30.0 Å². The third-order valence-corrected chi connectivity index (χ3v) is 7.85. The van der Waals surface area contributed by atoms with Crippen LogP contribution in [0.4, 0.5) is 14.5 Å². The van der Waals surface area contributed by atoms with E-state index in [2.05, 4.69) is 4.98 Å². The molecule has 0 spiro atoms. The number of benzene rings is 1. The summed E-state index contributed by atoms with van der Waals surface area (Å²) < 4.78 is 28.8. The lowest BCUT2D eigenvalue weighted by Gasteiger charge is -2.36. The summed E-state index contributed by atoms with van der Waals surface area (Å²) in [6.07, 6.45) is 0.586. The molecule has 2 saturated heterocycles. The first-order valence-electron chi connectivity index (χ1n) is 11.5. The molecule has 0 bridgehead atoms. The van der Waals surface area contributed by atoms with Crippen molar-refractivity contribution in [3.05, 3.63) is 57.2 Å². The zero-order chi connectivity index (χ0) is 24.7. The lowest BCUT2D eigenvalue weighted by Crippen LogP contribution is -2.49. The van der Waals surface area contributed by atoms with E-state index < -0.39 is 11.7 Å². The van der Waals surface area contributed by atoms with Crippen molar-refractivity contribution in [1.29, 1.82) is 0 Å². The Hall–Kier alpha value is -3.34. The van der Waals surface area contributed by atoms with Gasteiger partial charge in [-0.05, 0) is 31.0 Å². The fourth-order valence-electron chi connectivity index (χ4n) is 4.67. The number of anilines is 1. The van der Waals surface area contributed by atoms with Crippen LogP contribution >= 0.6 is 11.3 Å². The normalized spacial score (nSPS) is 18.5. The average molecular weight is 502 g/mol. The molecule has 2 amide bonds. The lowest BCUT2D eigenvalue weighted by molar-refractivity contribution is -0.131. The molecule has 1 atom stereocenters. The molecule has 1 aromatic carbocycles. The number of aromatic nitrogens is 2. The molecule has 1 unspecified atom stereocenters. The van der Waals surface area contributed by atoms with Crippen LogP contribution in [0.25, 0.3) is 10.2 Å². The minimum atomic E-state index is -1.03. The number of fused-ring (bicyclic) bond motifs is 1. The summed E-state index contributed by atoms with van der Waals surface area (Å²) in [6.45, 7) is 3.74. The van der Waals surface area contributed by atoms with Crippen LogP contribution in [-0.4, -0.2) is 76.6 Å². The van der Waals surface area contributed by atoms with Crippen molar-refractivity contribution in [2.24, 2.45) is 0 Å². The number of thiophene rings is 1. The van der Waals surface area contributed by atoms with E-state index >= 15 is 0 Å². The third kappa shape index (κ3) is 4.40. The van der Waals surface area contributed by atoms with E-state index in [0.29, 0.717) is 65.5 Å². The second-order valence-electron chi connectivity index (χ2n) is 8.87. The number of aryl methyl sites for hydroxylation is 1. The molecule has 2 aliphatic rings. The quantitative estimate of drug-likeness (QED) is 0.549. The number of alkyl halides is 1. The molecule has 0 N–H and O–H groups in total. The monoisotopic (exact) mass is 501 g/mol. The van der Waals surface area contributed by atoms with E-state index in [0.717, 1.165) is 11.3 Å². The summed E-state index contributed by atoms with van der Waals surface area (Å²) in [7, 11) is 0. The van der Waals surface area contributed by atoms with Gasteiger partial charge in [-0.2, -0.15) is 0 Å².